The SMILES string of the molecule is CCC(C)(C)c1cc([N+](=O)[O-])c(ON)c([N+](=O)[O-])c1. The lowest BCUT2D eigenvalue weighted by atomic mass is 9.82. The number of nitro groups is 2. The zero-order valence-electron chi connectivity index (χ0n) is 10.9. The van der Waals surface area contributed by atoms with Gasteiger partial charge in [0.2, 0.25) is 0 Å². The van der Waals surface area contributed by atoms with Gasteiger partial charge >= 0.3 is 17.1 Å². The third-order valence-corrected chi connectivity index (χ3v) is 3.23. The lowest BCUT2D eigenvalue weighted by Gasteiger charge is -2.23. The summed E-state index contributed by atoms with van der Waals surface area (Å²) in [6, 6.07) is 2.53. The van der Waals surface area contributed by atoms with Gasteiger partial charge in [-0.3, -0.25) is 20.2 Å². The third kappa shape index (κ3) is 2.79. The quantitative estimate of drug-likeness (QED) is 0.647. The van der Waals surface area contributed by atoms with Crippen LogP contribution in [0.25, 0.3) is 0 Å². The average Bonchev–Trinajstić information content (AvgIpc) is 2.36. The van der Waals surface area contributed by atoms with Crippen molar-refractivity contribution in [3.8, 4) is 5.75 Å². The van der Waals surface area contributed by atoms with Gasteiger partial charge in [-0.25, -0.2) is 0 Å². The molecule has 0 atom stereocenters. The molecular formula is C11H15N3O5. The van der Waals surface area contributed by atoms with Gasteiger partial charge in [0, 0.05) is 12.1 Å². The van der Waals surface area contributed by atoms with E-state index in [4.69, 9.17) is 5.90 Å². The van der Waals surface area contributed by atoms with Gasteiger partial charge in [-0.05, 0) is 17.4 Å². The predicted octanol–water partition coefficient (Wildman–Crippen LogP) is 2.44. The first-order valence-corrected chi connectivity index (χ1v) is 5.58. The lowest BCUT2D eigenvalue weighted by Crippen LogP contribution is -2.17. The van der Waals surface area contributed by atoms with Crippen molar-refractivity contribution in [2.45, 2.75) is 32.6 Å². The summed E-state index contributed by atoms with van der Waals surface area (Å²) in [5.41, 5.74) is -0.946. The fourth-order valence-corrected chi connectivity index (χ4v) is 1.59. The van der Waals surface area contributed by atoms with Gasteiger partial charge in [0.05, 0.1) is 9.85 Å². The molecule has 1 aromatic rings. The van der Waals surface area contributed by atoms with E-state index >= 15 is 0 Å². The summed E-state index contributed by atoms with van der Waals surface area (Å²) in [5, 5.41) is 21.9. The molecule has 0 fully saturated rings. The molecule has 0 radical (unpaired) electrons. The summed E-state index contributed by atoms with van der Waals surface area (Å²) >= 11 is 0. The highest BCUT2D eigenvalue weighted by Gasteiger charge is 2.32. The molecule has 1 rings (SSSR count). The van der Waals surface area contributed by atoms with Crippen molar-refractivity contribution in [2.75, 3.05) is 0 Å². The smallest absolute Gasteiger partial charge is 0.321 e. The zero-order valence-corrected chi connectivity index (χ0v) is 10.9. The van der Waals surface area contributed by atoms with E-state index in [1.807, 2.05) is 20.8 Å². The van der Waals surface area contributed by atoms with Crippen LogP contribution in [0.4, 0.5) is 11.4 Å². The van der Waals surface area contributed by atoms with Gasteiger partial charge in [-0.1, -0.05) is 20.8 Å². The summed E-state index contributed by atoms with van der Waals surface area (Å²) in [7, 11) is 0. The van der Waals surface area contributed by atoms with Crippen molar-refractivity contribution in [1.29, 1.82) is 0 Å². The molecule has 0 aliphatic rings. The van der Waals surface area contributed by atoms with Gasteiger partial charge in [-0.15, -0.1) is 0 Å². The van der Waals surface area contributed by atoms with E-state index in [0.29, 0.717) is 12.0 Å². The summed E-state index contributed by atoms with van der Waals surface area (Å²) in [4.78, 5) is 24.8. The summed E-state index contributed by atoms with van der Waals surface area (Å²) in [6.45, 7) is 5.59. The maximum absolute atomic E-state index is 11.0. The first-order chi connectivity index (χ1) is 8.74. The second-order valence-electron chi connectivity index (χ2n) is 4.71. The van der Waals surface area contributed by atoms with E-state index in [9.17, 15) is 20.2 Å². The number of nitrogens with zero attached hydrogens (tertiary/aromatic N) is 2. The molecule has 0 aromatic heterocycles. The number of hydrogen-bond donors (Lipinski definition) is 1. The summed E-state index contributed by atoms with van der Waals surface area (Å²) < 4.78 is 0. The van der Waals surface area contributed by atoms with Gasteiger partial charge in [0.25, 0.3) is 0 Å². The normalized spacial score (nSPS) is 11.2. The zero-order chi connectivity index (χ0) is 14.8. The monoisotopic (exact) mass is 269 g/mol. The largest absolute Gasteiger partial charge is 0.397 e. The molecule has 8 nitrogen and oxygen atoms in total. The minimum absolute atomic E-state index is 0.428. The van der Waals surface area contributed by atoms with Crippen LogP contribution in [0.2, 0.25) is 0 Å². The number of nitrogens with two attached hydrogens (primary N) is 1. The fraction of sp³-hybridized carbons (Fsp3) is 0.455. The summed E-state index contributed by atoms with van der Waals surface area (Å²) in [6.07, 6.45) is 0.671. The molecule has 0 bridgehead atoms. The van der Waals surface area contributed by atoms with E-state index in [1.54, 1.807) is 0 Å². The maximum atomic E-state index is 11.0. The number of hydrogen-bond acceptors (Lipinski definition) is 6. The van der Waals surface area contributed by atoms with Crippen molar-refractivity contribution in [2.24, 2.45) is 5.90 Å². The van der Waals surface area contributed by atoms with Crippen LogP contribution in [0, 0.1) is 20.2 Å². The molecule has 8 heteroatoms. The highest BCUT2D eigenvalue weighted by Crippen LogP contribution is 2.41. The average molecular weight is 269 g/mol. The number of nitro benzene ring substituents is 2. The Morgan fingerprint density at radius 2 is 1.63 bits per heavy atom. The predicted molar refractivity (Wildman–Crippen MR) is 67.9 cm³/mol. The van der Waals surface area contributed by atoms with Crippen LogP contribution in [-0.4, -0.2) is 9.85 Å². The molecule has 0 heterocycles. The number of benzene rings is 1. The summed E-state index contributed by atoms with van der Waals surface area (Å²) in [5.74, 6) is 4.37. The van der Waals surface area contributed by atoms with Crippen LogP contribution in [0.1, 0.15) is 32.8 Å². The molecule has 1 aromatic carbocycles. The van der Waals surface area contributed by atoms with Crippen molar-refractivity contribution in [3.63, 3.8) is 0 Å². The molecule has 0 amide bonds. The Balaban J connectivity index is 3.64. The molecular weight excluding hydrogens is 254 g/mol. The van der Waals surface area contributed by atoms with E-state index in [0.717, 1.165) is 0 Å². The van der Waals surface area contributed by atoms with E-state index in [2.05, 4.69) is 4.84 Å². The molecule has 0 aliphatic carbocycles. The second kappa shape index (κ2) is 5.19. The van der Waals surface area contributed by atoms with Crippen molar-refractivity contribution in [3.05, 3.63) is 37.9 Å². The molecule has 0 unspecified atom stereocenters. The molecule has 0 saturated carbocycles. The van der Waals surface area contributed by atoms with E-state index < -0.39 is 32.4 Å². The third-order valence-electron chi connectivity index (χ3n) is 3.23. The first-order valence-electron chi connectivity index (χ1n) is 5.58. The van der Waals surface area contributed by atoms with Gasteiger partial charge in [0.1, 0.15) is 0 Å². The topological polar surface area (TPSA) is 122 Å². The van der Waals surface area contributed by atoms with Crippen molar-refractivity contribution < 1.29 is 14.7 Å². The Kier molecular flexibility index (Phi) is 4.05. The lowest BCUT2D eigenvalue weighted by molar-refractivity contribution is -0.396. The maximum Gasteiger partial charge on any atom is 0.321 e. The van der Waals surface area contributed by atoms with Crippen molar-refractivity contribution >= 4 is 11.4 Å². The van der Waals surface area contributed by atoms with E-state index in [-0.39, 0.29) is 0 Å². The first kappa shape index (κ1) is 14.8. The van der Waals surface area contributed by atoms with Crippen LogP contribution < -0.4 is 10.7 Å². The van der Waals surface area contributed by atoms with Crippen LogP contribution in [-0.2, 0) is 5.41 Å². The van der Waals surface area contributed by atoms with Gasteiger partial charge in [0.15, 0.2) is 0 Å². The minimum Gasteiger partial charge on any atom is -0.397 e. The van der Waals surface area contributed by atoms with Crippen LogP contribution in [0.5, 0.6) is 5.75 Å². The van der Waals surface area contributed by atoms with Gasteiger partial charge < -0.3 is 4.84 Å². The standard InChI is InChI=1S/C11H15N3O5/c1-4-11(2,3)7-5-8(13(15)16)10(19-12)9(6-7)14(17)18/h5-6H,4,12H2,1-3H3. The van der Waals surface area contributed by atoms with Gasteiger partial charge in [-0.2, -0.15) is 5.90 Å². The van der Waals surface area contributed by atoms with Crippen LogP contribution >= 0.6 is 0 Å². The Hall–Kier alpha value is -2.22. The molecule has 0 aliphatic heterocycles. The Morgan fingerprint density at radius 1 is 1.21 bits per heavy atom. The Morgan fingerprint density at radius 3 is 1.89 bits per heavy atom. The minimum atomic E-state index is -0.746. The molecule has 2 N–H and O–H groups in total. The second-order valence-corrected chi connectivity index (χ2v) is 4.71. The highest BCUT2D eigenvalue weighted by atomic mass is 16.7. The Bertz CT molecular complexity index is 492. The molecule has 104 valence electrons. The fourth-order valence-electron chi connectivity index (χ4n) is 1.59. The van der Waals surface area contributed by atoms with E-state index in [1.165, 1.54) is 12.1 Å². The molecule has 0 saturated heterocycles. The number of rotatable bonds is 5. The van der Waals surface area contributed by atoms with Crippen molar-refractivity contribution in [1.82, 2.24) is 0 Å². The molecule has 19 heavy (non-hydrogen) atoms. The highest BCUT2D eigenvalue weighted by molar-refractivity contribution is 5.62. The molecule has 0 spiro atoms. The van der Waals surface area contributed by atoms with Crippen LogP contribution in [0.3, 0.4) is 0 Å². The Labute approximate surface area is 109 Å². The van der Waals surface area contributed by atoms with Crippen LogP contribution in [0.15, 0.2) is 12.1 Å².